The number of nitrogens with one attached hydrogen (secondary N) is 1. The highest BCUT2D eigenvalue weighted by Crippen LogP contribution is 2.44. The first kappa shape index (κ1) is 22.3. The lowest BCUT2D eigenvalue weighted by molar-refractivity contribution is 0.102. The second-order valence-electron chi connectivity index (χ2n) is 8.86. The van der Waals surface area contributed by atoms with Gasteiger partial charge in [-0.15, -0.1) is 0 Å². The molecule has 5 nitrogen and oxygen atoms in total. The minimum atomic E-state index is -0.515. The Labute approximate surface area is 196 Å². The number of hydrogen-bond donors (Lipinski definition) is 1. The summed E-state index contributed by atoms with van der Waals surface area (Å²) in [6.07, 6.45) is 2.19. The van der Waals surface area contributed by atoms with Gasteiger partial charge in [0.2, 0.25) is 0 Å². The Morgan fingerprint density at radius 2 is 1.79 bits per heavy atom. The SMILES string of the molecule is Cc1cc(F)ccc1Oc1cc(C2CC2)c(C)cc1C(=O)Nc1ccc(F)c(OCC2CO2)c1. The Morgan fingerprint density at radius 1 is 1.00 bits per heavy atom. The van der Waals surface area contributed by atoms with E-state index in [0.717, 1.165) is 24.0 Å². The van der Waals surface area contributed by atoms with E-state index in [2.05, 4.69) is 5.32 Å². The van der Waals surface area contributed by atoms with Gasteiger partial charge in [0.05, 0.1) is 12.2 Å². The van der Waals surface area contributed by atoms with E-state index in [9.17, 15) is 13.6 Å². The monoisotopic (exact) mass is 465 g/mol. The lowest BCUT2D eigenvalue weighted by Crippen LogP contribution is -2.14. The highest BCUT2D eigenvalue weighted by molar-refractivity contribution is 6.06. The normalized spacial score (nSPS) is 16.8. The van der Waals surface area contributed by atoms with Crippen LogP contribution < -0.4 is 14.8 Å². The highest BCUT2D eigenvalue weighted by Gasteiger charge is 2.28. The average Bonchev–Trinajstić information content (AvgIpc) is 3.71. The number of hydrogen-bond acceptors (Lipinski definition) is 4. The molecule has 1 amide bonds. The van der Waals surface area contributed by atoms with Gasteiger partial charge in [-0.3, -0.25) is 4.79 Å². The van der Waals surface area contributed by atoms with Crippen molar-refractivity contribution < 1.29 is 27.8 Å². The van der Waals surface area contributed by atoms with E-state index >= 15 is 0 Å². The number of benzene rings is 3. The molecular weight excluding hydrogens is 440 g/mol. The summed E-state index contributed by atoms with van der Waals surface area (Å²) in [5.74, 6) is 0.105. The Morgan fingerprint density at radius 3 is 2.50 bits per heavy atom. The topological polar surface area (TPSA) is 60.1 Å². The summed E-state index contributed by atoms with van der Waals surface area (Å²) in [4.78, 5) is 13.3. The molecule has 0 bridgehead atoms. The Bertz CT molecular complexity index is 1250. The number of ether oxygens (including phenoxy) is 3. The molecule has 34 heavy (non-hydrogen) atoms. The summed E-state index contributed by atoms with van der Waals surface area (Å²) in [6, 6.07) is 12.1. The quantitative estimate of drug-likeness (QED) is 0.398. The third kappa shape index (κ3) is 5.04. The zero-order valence-corrected chi connectivity index (χ0v) is 19.0. The maximum absolute atomic E-state index is 14.1. The summed E-state index contributed by atoms with van der Waals surface area (Å²) < 4.78 is 44.4. The summed E-state index contributed by atoms with van der Waals surface area (Å²) in [5, 5.41) is 2.81. The van der Waals surface area contributed by atoms with Crippen molar-refractivity contribution >= 4 is 11.6 Å². The van der Waals surface area contributed by atoms with E-state index in [-0.39, 0.29) is 24.3 Å². The molecule has 0 spiro atoms. The minimum absolute atomic E-state index is 0.0137. The van der Waals surface area contributed by atoms with Crippen LogP contribution in [0, 0.1) is 25.5 Å². The zero-order chi connectivity index (χ0) is 23.8. The van der Waals surface area contributed by atoms with Gasteiger partial charge in [0.1, 0.15) is 30.0 Å². The molecule has 5 rings (SSSR count). The summed E-state index contributed by atoms with van der Waals surface area (Å²) in [6.45, 7) is 4.58. The summed E-state index contributed by atoms with van der Waals surface area (Å²) >= 11 is 0. The van der Waals surface area contributed by atoms with Gasteiger partial charge in [-0.25, -0.2) is 8.78 Å². The molecule has 1 saturated carbocycles. The van der Waals surface area contributed by atoms with E-state index in [1.807, 2.05) is 19.1 Å². The van der Waals surface area contributed by atoms with Crippen molar-refractivity contribution in [1.82, 2.24) is 0 Å². The lowest BCUT2D eigenvalue weighted by atomic mass is 9.99. The van der Waals surface area contributed by atoms with Crippen LogP contribution in [0.3, 0.4) is 0 Å². The summed E-state index contributed by atoms with van der Waals surface area (Å²) in [7, 11) is 0. The molecule has 1 aliphatic heterocycles. The molecule has 0 aromatic heterocycles. The van der Waals surface area contributed by atoms with Gasteiger partial charge in [0, 0.05) is 11.8 Å². The van der Waals surface area contributed by atoms with E-state index < -0.39 is 11.7 Å². The molecule has 1 unspecified atom stereocenters. The number of amides is 1. The van der Waals surface area contributed by atoms with Gasteiger partial charge < -0.3 is 19.5 Å². The first-order valence-electron chi connectivity index (χ1n) is 11.3. The maximum Gasteiger partial charge on any atom is 0.259 e. The number of aryl methyl sites for hydroxylation is 2. The number of anilines is 1. The van der Waals surface area contributed by atoms with Gasteiger partial charge in [-0.1, -0.05) is 0 Å². The van der Waals surface area contributed by atoms with E-state index in [4.69, 9.17) is 14.2 Å². The van der Waals surface area contributed by atoms with E-state index in [1.165, 1.54) is 30.3 Å². The van der Waals surface area contributed by atoms with Gasteiger partial charge in [0.25, 0.3) is 5.91 Å². The molecule has 1 atom stereocenters. The van der Waals surface area contributed by atoms with Crippen LogP contribution in [0.25, 0.3) is 0 Å². The maximum atomic E-state index is 14.1. The van der Waals surface area contributed by atoms with Crippen molar-refractivity contribution in [3.63, 3.8) is 0 Å². The minimum Gasteiger partial charge on any atom is -0.488 e. The third-order valence-electron chi connectivity index (χ3n) is 6.00. The number of halogens is 2. The third-order valence-corrected chi connectivity index (χ3v) is 6.00. The second-order valence-corrected chi connectivity index (χ2v) is 8.86. The molecule has 2 fully saturated rings. The van der Waals surface area contributed by atoms with Crippen LogP contribution in [0.2, 0.25) is 0 Å². The van der Waals surface area contributed by atoms with Crippen molar-refractivity contribution in [2.45, 2.75) is 38.7 Å². The van der Waals surface area contributed by atoms with E-state index in [0.29, 0.717) is 40.8 Å². The first-order chi connectivity index (χ1) is 16.4. The van der Waals surface area contributed by atoms with Crippen LogP contribution in [0.1, 0.15) is 45.8 Å². The Balaban J connectivity index is 1.43. The fraction of sp³-hybridized carbons (Fsp3) is 0.296. The molecule has 1 N–H and O–H groups in total. The van der Waals surface area contributed by atoms with Gasteiger partial charge in [0.15, 0.2) is 11.6 Å². The molecule has 176 valence electrons. The number of epoxide rings is 1. The highest BCUT2D eigenvalue weighted by atomic mass is 19.1. The zero-order valence-electron chi connectivity index (χ0n) is 19.0. The van der Waals surface area contributed by atoms with Crippen LogP contribution in [0.15, 0.2) is 48.5 Å². The van der Waals surface area contributed by atoms with Crippen molar-refractivity contribution in [2.24, 2.45) is 0 Å². The van der Waals surface area contributed by atoms with Gasteiger partial charge in [-0.2, -0.15) is 0 Å². The fourth-order valence-corrected chi connectivity index (χ4v) is 3.88. The van der Waals surface area contributed by atoms with E-state index in [1.54, 1.807) is 13.0 Å². The van der Waals surface area contributed by atoms with Crippen LogP contribution >= 0.6 is 0 Å². The van der Waals surface area contributed by atoms with Gasteiger partial charge >= 0.3 is 0 Å². The van der Waals surface area contributed by atoms with Crippen molar-refractivity contribution in [3.8, 4) is 17.2 Å². The predicted molar refractivity (Wildman–Crippen MR) is 124 cm³/mol. The molecule has 1 aliphatic carbocycles. The Hall–Kier alpha value is -3.45. The van der Waals surface area contributed by atoms with Crippen molar-refractivity contribution in [1.29, 1.82) is 0 Å². The molecule has 7 heteroatoms. The van der Waals surface area contributed by atoms with Crippen molar-refractivity contribution in [3.05, 3.63) is 82.4 Å². The number of rotatable bonds is 8. The molecule has 0 radical (unpaired) electrons. The van der Waals surface area contributed by atoms with Crippen molar-refractivity contribution in [2.75, 3.05) is 18.5 Å². The molecule has 1 saturated heterocycles. The van der Waals surface area contributed by atoms with Crippen LogP contribution in [0.4, 0.5) is 14.5 Å². The van der Waals surface area contributed by atoms with Crippen LogP contribution in [-0.4, -0.2) is 25.2 Å². The van der Waals surface area contributed by atoms with Gasteiger partial charge in [-0.05, 0) is 91.8 Å². The molecule has 3 aromatic rings. The molecule has 2 aliphatic rings. The average molecular weight is 465 g/mol. The number of carbonyl (C=O) groups excluding carboxylic acids is 1. The van der Waals surface area contributed by atoms with Crippen LogP contribution in [0.5, 0.6) is 17.2 Å². The first-order valence-corrected chi connectivity index (χ1v) is 11.3. The number of carbonyl (C=O) groups is 1. The largest absolute Gasteiger partial charge is 0.488 e. The fourth-order valence-electron chi connectivity index (χ4n) is 3.88. The smallest absolute Gasteiger partial charge is 0.259 e. The molecule has 3 aromatic carbocycles. The standard InChI is InChI=1S/C27H25F2NO4/c1-15-10-22(27(31)30-19-6-7-23(29)26(11-19)33-14-20-13-32-20)25(12-21(15)17-3-4-17)34-24-8-5-18(28)9-16(24)2/h5-12,17,20H,3-4,13-14H2,1-2H3,(H,30,31). The Kier molecular flexibility index (Phi) is 5.96. The molecule has 1 heterocycles. The summed E-state index contributed by atoms with van der Waals surface area (Å²) in [5.41, 5.74) is 3.50. The lowest BCUT2D eigenvalue weighted by Gasteiger charge is -2.17. The van der Waals surface area contributed by atoms with Crippen LogP contribution in [-0.2, 0) is 4.74 Å². The second kappa shape index (κ2) is 9.06. The predicted octanol–water partition coefficient (Wildman–Crippen LogP) is 6.28. The molecular formula is C27H25F2NO4.